The van der Waals surface area contributed by atoms with E-state index >= 15 is 0 Å². The minimum Gasteiger partial charge on any atom is -0.493 e. The van der Waals surface area contributed by atoms with Crippen LogP contribution in [0.3, 0.4) is 0 Å². The van der Waals surface area contributed by atoms with Crippen LogP contribution < -0.4 is 14.8 Å². The highest BCUT2D eigenvalue weighted by atomic mass is 19.1. The van der Waals surface area contributed by atoms with Crippen molar-refractivity contribution in [3.63, 3.8) is 0 Å². The van der Waals surface area contributed by atoms with E-state index in [1.807, 2.05) is 0 Å². The van der Waals surface area contributed by atoms with Crippen molar-refractivity contribution < 1.29 is 23.5 Å². The van der Waals surface area contributed by atoms with E-state index in [0.29, 0.717) is 34.7 Å². The fourth-order valence-electron chi connectivity index (χ4n) is 4.60. The number of nitrogens with one attached hydrogen (secondary N) is 1. The minimum absolute atomic E-state index is 0.263. The van der Waals surface area contributed by atoms with Gasteiger partial charge >= 0.3 is 0 Å². The first-order valence-corrected chi connectivity index (χ1v) is 11.6. The predicted octanol–water partition coefficient (Wildman–Crippen LogP) is 3.60. The van der Waals surface area contributed by atoms with Gasteiger partial charge in [-0.2, -0.15) is 0 Å². The van der Waals surface area contributed by atoms with Gasteiger partial charge in [-0.15, -0.1) is 0 Å². The van der Waals surface area contributed by atoms with Crippen LogP contribution in [-0.4, -0.2) is 69.1 Å². The van der Waals surface area contributed by atoms with Crippen LogP contribution in [0.25, 0.3) is 0 Å². The number of hydrogen-bond donors (Lipinski definition) is 1. The maximum atomic E-state index is 14.9. The third-order valence-corrected chi connectivity index (χ3v) is 6.53. The van der Waals surface area contributed by atoms with Crippen LogP contribution in [0.2, 0.25) is 0 Å². The number of carbonyl (C=O) groups is 2. The molecule has 0 saturated heterocycles. The van der Waals surface area contributed by atoms with E-state index in [2.05, 4.69) is 24.1 Å². The van der Waals surface area contributed by atoms with E-state index in [-0.39, 0.29) is 11.8 Å². The molecule has 3 rings (SSSR count). The van der Waals surface area contributed by atoms with Crippen molar-refractivity contribution in [1.29, 1.82) is 0 Å². The van der Waals surface area contributed by atoms with Crippen LogP contribution in [0, 0.1) is 5.82 Å². The Kier molecular flexibility index (Phi) is 8.50. The summed E-state index contributed by atoms with van der Waals surface area (Å²) in [6.07, 6.45) is 0.790. The van der Waals surface area contributed by atoms with Gasteiger partial charge < -0.3 is 24.6 Å². The Hall–Kier alpha value is -3.13. The SMILES string of the molecule is CCN(CC)CCCNC(=O)[C@H]1c2cc(OC)c(OC)cc2C(=O)N(C)[C@H]1c1ccccc1F. The third kappa shape index (κ3) is 5.01. The van der Waals surface area contributed by atoms with Gasteiger partial charge in [0.1, 0.15) is 5.82 Å². The average Bonchev–Trinajstić information content (AvgIpc) is 2.85. The molecule has 7 nitrogen and oxygen atoms in total. The summed E-state index contributed by atoms with van der Waals surface area (Å²) in [4.78, 5) is 30.6. The van der Waals surface area contributed by atoms with Crippen LogP contribution in [0.15, 0.2) is 36.4 Å². The summed E-state index contributed by atoms with van der Waals surface area (Å²) in [6, 6.07) is 8.71. The van der Waals surface area contributed by atoms with Gasteiger partial charge in [-0.1, -0.05) is 32.0 Å². The number of fused-ring (bicyclic) bond motifs is 1. The molecule has 2 amide bonds. The van der Waals surface area contributed by atoms with E-state index in [9.17, 15) is 14.0 Å². The lowest BCUT2D eigenvalue weighted by atomic mass is 9.79. The van der Waals surface area contributed by atoms with Crippen LogP contribution in [0.1, 0.15) is 53.7 Å². The van der Waals surface area contributed by atoms with E-state index in [1.54, 1.807) is 37.4 Å². The molecule has 34 heavy (non-hydrogen) atoms. The zero-order valence-corrected chi connectivity index (χ0v) is 20.6. The van der Waals surface area contributed by atoms with Gasteiger partial charge in [0.15, 0.2) is 11.5 Å². The Morgan fingerprint density at radius 2 is 1.74 bits per heavy atom. The molecule has 1 aliphatic rings. The van der Waals surface area contributed by atoms with E-state index in [0.717, 1.165) is 26.1 Å². The highest BCUT2D eigenvalue weighted by Gasteiger charge is 2.44. The lowest BCUT2D eigenvalue weighted by Crippen LogP contribution is -2.46. The number of carbonyl (C=O) groups excluding carboxylic acids is 2. The van der Waals surface area contributed by atoms with Crippen molar-refractivity contribution in [3.05, 3.63) is 58.9 Å². The van der Waals surface area contributed by atoms with E-state index < -0.39 is 17.8 Å². The van der Waals surface area contributed by atoms with Gasteiger partial charge in [0.2, 0.25) is 5.91 Å². The molecule has 0 aromatic heterocycles. The molecular weight excluding hydrogens is 437 g/mol. The first kappa shape index (κ1) is 25.5. The Balaban J connectivity index is 2.02. The summed E-state index contributed by atoms with van der Waals surface area (Å²) < 4.78 is 25.7. The number of nitrogens with zero attached hydrogens (tertiary/aromatic N) is 2. The normalized spacial score (nSPS) is 17.5. The van der Waals surface area contributed by atoms with E-state index in [1.165, 1.54) is 25.2 Å². The Bertz CT molecular complexity index is 1030. The zero-order chi connectivity index (χ0) is 24.8. The molecule has 0 aliphatic carbocycles. The van der Waals surface area contributed by atoms with Crippen molar-refractivity contribution >= 4 is 11.8 Å². The smallest absolute Gasteiger partial charge is 0.254 e. The Morgan fingerprint density at radius 1 is 1.09 bits per heavy atom. The third-order valence-electron chi connectivity index (χ3n) is 6.53. The monoisotopic (exact) mass is 471 g/mol. The second kappa shape index (κ2) is 11.3. The summed E-state index contributed by atoms with van der Waals surface area (Å²) in [5.74, 6) is -1.05. The van der Waals surface area contributed by atoms with Crippen molar-refractivity contribution in [2.24, 2.45) is 0 Å². The Morgan fingerprint density at radius 3 is 2.35 bits per heavy atom. The lowest BCUT2D eigenvalue weighted by molar-refractivity contribution is -0.124. The lowest BCUT2D eigenvalue weighted by Gasteiger charge is -2.40. The van der Waals surface area contributed by atoms with Crippen LogP contribution in [0.4, 0.5) is 4.39 Å². The number of amides is 2. The molecule has 1 N–H and O–H groups in total. The van der Waals surface area contributed by atoms with Gasteiger partial charge in [-0.25, -0.2) is 4.39 Å². The van der Waals surface area contributed by atoms with Gasteiger partial charge in [0, 0.05) is 24.7 Å². The van der Waals surface area contributed by atoms with E-state index in [4.69, 9.17) is 9.47 Å². The van der Waals surface area contributed by atoms with Crippen molar-refractivity contribution in [1.82, 2.24) is 15.1 Å². The molecule has 0 radical (unpaired) electrons. The summed E-state index contributed by atoms with van der Waals surface area (Å²) in [7, 11) is 4.58. The zero-order valence-electron chi connectivity index (χ0n) is 20.6. The molecule has 1 heterocycles. The van der Waals surface area contributed by atoms with Crippen molar-refractivity contribution in [2.75, 3.05) is 47.4 Å². The first-order valence-electron chi connectivity index (χ1n) is 11.6. The maximum absolute atomic E-state index is 14.9. The van der Waals surface area contributed by atoms with Gasteiger partial charge in [0.25, 0.3) is 5.91 Å². The average molecular weight is 472 g/mol. The fraction of sp³-hybridized carbons (Fsp3) is 0.462. The standard InChI is InChI=1S/C26H34FN3O4/c1-6-30(7-2)14-10-13-28-25(31)23-18-15-21(33-4)22(34-5)16-19(18)26(32)29(3)24(23)17-11-8-9-12-20(17)27/h8-9,11-12,15-16,23-24H,6-7,10,13-14H2,1-5H3,(H,28,31)/t23-,24-/m0/s1. The highest BCUT2D eigenvalue weighted by molar-refractivity contribution is 6.02. The summed E-state index contributed by atoms with van der Waals surface area (Å²) in [5.41, 5.74) is 1.13. The summed E-state index contributed by atoms with van der Waals surface area (Å²) in [6.45, 7) is 7.46. The second-order valence-electron chi connectivity index (χ2n) is 8.33. The summed E-state index contributed by atoms with van der Waals surface area (Å²) in [5, 5.41) is 3.02. The number of hydrogen-bond acceptors (Lipinski definition) is 5. The van der Waals surface area contributed by atoms with Gasteiger partial charge in [-0.05, 0) is 49.8 Å². The molecule has 0 fully saturated rings. The molecule has 2 aromatic carbocycles. The molecule has 2 aromatic rings. The molecule has 184 valence electrons. The van der Waals surface area contributed by atoms with Crippen LogP contribution in [0.5, 0.6) is 11.5 Å². The number of ether oxygens (including phenoxy) is 2. The number of rotatable bonds is 10. The molecular formula is C26H34FN3O4. The first-order chi connectivity index (χ1) is 16.4. The molecule has 0 spiro atoms. The molecule has 1 aliphatic heterocycles. The fourth-order valence-corrected chi connectivity index (χ4v) is 4.60. The quantitative estimate of drug-likeness (QED) is 0.536. The van der Waals surface area contributed by atoms with Gasteiger partial charge in [-0.3, -0.25) is 9.59 Å². The maximum Gasteiger partial charge on any atom is 0.254 e. The predicted molar refractivity (Wildman–Crippen MR) is 129 cm³/mol. The number of methoxy groups -OCH3 is 2. The number of halogens is 1. The number of benzene rings is 2. The molecule has 0 saturated carbocycles. The molecule has 2 atom stereocenters. The largest absolute Gasteiger partial charge is 0.493 e. The second-order valence-corrected chi connectivity index (χ2v) is 8.33. The van der Waals surface area contributed by atoms with Crippen LogP contribution >= 0.6 is 0 Å². The molecule has 0 bridgehead atoms. The summed E-state index contributed by atoms with van der Waals surface area (Å²) >= 11 is 0. The highest BCUT2D eigenvalue weighted by Crippen LogP contribution is 2.46. The Labute approximate surface area is 200 Å². The molecule has 8 heteroatoms. The number of likely N-dealkylation sites (N-methyl/N-ethyl adjacent to an activating group) is 1. The van der Waals surface area contributed by atoms with Crippen molar-refractivity contribution in [3.8, 4) is 11.5 Å². The molecule has 0 unspecified atom stereocenters. The topological polar surface area (TPSA) is 71.1 Å². The van der Waals surface area contributed by atoms with Gasteiger partial charge in [0.05, 0.1) is 26.2 Å². The van der Waals surface area contributed by atoms with Crippen molar-refractivity contribution in [2.45, 2.75) is 32.2 Å². The van der Waals surface area contributed by atoms with Crippen LogP contribution in [-0.2, 0) is 4.79 Å². The minimum atomic E-state index is -0.817.